The predicted molar refractivity (Wildman–Crippen MR) is 64.3 cm³/mol. The Morgan fingerprint density at radius 2 is 2.00 bits per heavy atom. The van der Waals surface area contributed by atoms with E-state index >= 15 is 0 Å². The fraction of sp³-hybridized carbons (Fsp3) is 0.800. The second-order valence-corrected chi connectivity index (χ2v) is 5.79. The van der Waals surface area contributed by atoms with Gasteiger partial charge in [0.1, 0.15) is 0 Å². The van der Waals surface area contributed by atoms with Gasteiger partial charge in [-0.2, -0.15) is 0 Å². The smallest absolute Gasteiger partial charge is 0.317 e. The number of aliphatic carboxylic acids is 1. The first-order valence-corrected chi connectivity index (χ1v) is 7.10. The molecule has 2 amide bonds. The summed E-state index contributed by atoms with van der Waals surface area (Å²) in [5, 5.41) is 11.3. The van der Waals surface area contributed by atoms with E-state index in [2.05, 4.69) is 5.32 Å². The van der Waals surface area contributed by atoms with E-state index in [0.29, 0.717) is 37.6 Å². The van der Waals surface area contributed by atoms with Crippen molar-refractivity contribution < 1.29 is 18.9 Å². The summed E-state index contributed by atoms with van der Waals surface area (Å²) in [6.07, 6.45) is 0.418. The number of urea groups is 1. The van der Waals surface area contributed by atoms with Gasteiger partial charge in [-0.3, -0.25) is 9.00 Å². The van der Waals surface area contributed by atoms with Crippen LogP contribution in [0.15, 0.2) is 0 Å². The van der Waals surface area contributed by atoms with E-state index in [1.54, 1.807) is 11.8 Å². The highest BCUT2D eigenvalue weighted by atomic mass is 32.2. The van der Waals surface area contributed by atoms with Gasteiger partial charge in [-0.05, 0) is 6.42 Å². The molecule has 1 atom stereocenters. The van der Waals surface area contributed by atoms with E-state index in [1.165, 1.54) is 0 Å². The van der Waals surface area contributed by atoms with Gasteiger partial charge in [0.05, 0.1) is 5.92 Å². The summed E-state index contributed by atoms with van der Waals surface area (Å²) in [5.74, 6) is -0.255. The molecule has 17 heavy (non-hydrogen) atoms. The van der Waals surface area contributed by atoms with Crippen LogP contribution in [0, 0.1) is 5.92 Å². The molecule has 6 nitrogen and oxygen atoms in total. The lowest BCUT2D eigenvalue weighted by Crippen LogP contribution is -2.47. The molecule has 2 N–H and O–H groups in total. The number of carboxylic acid groups (broad SMARTS) is 1. The fourth-order valence-corrected chi connectivity index (χ4v) is 2.52. The summed E-state index contributed by atoms with van der Waals surface area (Å²) < 4.78 is 11.1. The monoisotopic (exact) mass is 262 g/mol. The zero-order chi connectivity index (χ0) is 12.8. The first-order valence-electron chi connectivity index (χ1n) is 5.61. The van der Waals surface area contributed by atoms with Crippen molar-refractivity contribution in [1.82, 2.24) is 10.2 Å². The Balaban J connectivity index is 2.21. The molecule has 1 aliphatic rings. The normalized spacial score (nSPS) is 18.8. The van der Waals surface area contributed by atoms with Crippen LogP contribution < -0.4 is 5.32 Å². The average molecular weight is 262 g/mol. The first-order chi connectivity index (χ1) is 8.00. The molecule has 1 aliphatic heterocycles. The molecule has 7 heteroatoms. The van der Waals surface area contributed by atoms with Crippen molar-refractivity contribution in [1.29, 1.82) is 0 Å². The van der Waals surface area contributed by atoms with Gasteiger partial charge in [-0.1, -0.05) is 6.92 Å². The van der Waals surface area contributed by atoms with Crippen molar-refractivity contribution in [3.05, 3.63) is 0 Å². The zero-order valence-corrected chi connectivity index (χ0v) is 10.7. The number of nitrogens with one attached hydrogen (secondary N) is 1. The Bertz CT molecular complexity index is 311. The Morgan fingerprint density at radius 1 is 1.41 bits per heavy atom. The third-order valence-electron chi connectivity index (χ3n) is 2.74. The Kier molecular flexibility index (Phi) is 5.40. The summed E-state index contributed by atoms with van der Waals surface area (Å²) in [5.41, 5.74) is 0. The molecule has 1 fully saturated rings. The lowest BCUT2D eigenvalue weighted by atomic mass is 10.1. The summed E-state index contributed by atoms with van der Waals surface area (Å²) in [7, 11) is -0.796. The Labute approximate surface area is 103 Å². The summed E-state index contributed by atoms with van der Waals surface area (Å²) in [6.45, 7) is 2.98. The molecule has 0 bridgehead atoms. The number of nitrogens with zero attached hydrogens (tertiary/aromatic N) is 1. The van der Waals surface area contributed by atoms with Gasteiger partial charge >= 0.3 is 12.0 Å². The summed E-state index contributed by atoms with van der Waals surface area (Å²) in [6, 6.07) is -0.195. The van der Waals surface area contributed by atoms with Crippen molar-refractivity contribution in [3.8, 4) is 0 Å². The van der Waals surface area contributed by atoms with E-state index < -0.39 is 22.7 Å². The first kappa shape index (κ1) is 14.0. The van der Waals surface area contributed by atoms with Crippen molar-refractivity contribution in [2.45, 2.75) is 13.3 Å². The molecule has 0 radical (unpaired) electrons. The minimum atomic E-state index is -0.854. The van der Waals surface area contributed by atoms with Crippen molar-refractivity contribution >= 4 is 22.8 Å². The van der Waals surface area contributed by atoms with Crippen LogP contribution in [-0.2, 0) is 15.6 Å². The topological polar surface area (TPSA) is 86.7 Å². The number of carboxylic acids is 1. The molecule has 1 unspecified atom stereocenters. The number of hydrogen-bond acceptors (Lipinski definition) is 3. The number of rotatable bonds is 4. The van der Waals surface area contributed by atoms with Gasteiger partial charge in [-0.25, -0.2) is 4.79 Å². The highest BCUT2D eigenvalue weighted by molar-refractivity contribution is 7.85. The third-order valence-corrected chi connectivity index (χ3v) is 4.02. The van der Waals surface area contributed by atoms with Gasteiger partial charge in [0.2, 0.25) is 0 Å². The lowest BCUT2D eigenvalue weighted by Gasteiger charge is -2.26. The maximum Gasteiger partial charge on any atom is 0.317 e. The Morgan fingerprint density at radius 3 is 2.53 bits per heavy atom. The maximum absolute atomic E-state index is 11.6. The zero-order valence-electron chi connectivity index (χ0n) is 9.85. The number of carbonyl (C=O) groups is 2. The molecule has 0 saturated carbocycles. The molecule has 1 rings (SSSR count). The van der Waals surface area contributed by atoms with Crippen LogP contribution in [0.3, 0.4) is 0 Å². The highest BCUT2D eigenvalue weighted by Gasteiger charge is 2.20. The van der Waals surface area contributed by atoms with E-state index in [0.717, 1.165) is 0 Å². The van der Waals surface area contributed by atoms with Crippen LogP contribution in [0.5, 0.6) is 0 Å². The van der Waals surface area contributed by atoms with E-state index in [9.17, 15) is 13.8 Å². The largest absolute Gasteiger partial charge is 0.481 e. The molecule has 0 aromatic carbocycles. The van der Waals surface area contributed by atoms with Crippen LogP contribution in [-0.4, -0.2) is 57.4 Å². The van der Waals surface area contributed by atoms with Crippen LogP contribution in [0.25, 0.3) is 0 Å². The molecule has 0 spiro atoms. The van der Waals surface area contributed by atoms with Gasteiger partial charge in [0.15, 0.2) is 0 Å². The Hall–Kier alpha value is -1.11. The molecular formula is C10H18N2O4S. The van der Waals surface area contributed by atoms with Gasteiger partial charge < -0.3 is 15.3 Å². The molecule has 1 saturated heterocycles. The van der Waals surface area contributed by atoms with Crippen LogP contribution in [0.2, 0.25) is 0 Å². The maximum atomic E-state index is 11.6. The molecule has 1 heterocycles. The quantitative estimate of drug-likeness (QED) is 0.739. The van der Waals surface area contributed by atoms with Crippen molar-refractivity contribution in [3.63, 3.8) is 0 Å². The average Bonchev–Trinajstić information content (AvgIpc) is 2.29. The number of hydrogen-bond donors (Lipinski definition) is 2. The third kappa shape index (κ3) is 4.72. The molecule has 0 aromatic heterocycles. The second kappa shape index (κ2) is 6.58. The summed E-state index contributed by atoms with van der Waals surface area (Å²) in [4.78, 5) is 23.8. The molecule has 98 valence electrons. The number of amides is 2. The van der Waals surface area contributed by atoms with Crippen molar-refractivity contribution in [2.24, 2.45) is 5.92 Å². The van der Waals surface area contributed by atoms with Crippen LogP contribution in [0.4, 0.5) is 4.79 Å². The summed E-state index contributed by atoms with van der Waals surface area (Å²) >= 11 is 0. The van der Waals surface area contributed by atoms with E-state index in [1.807, 2.05) is 0 Å². The van der Waals surface area contributed by atoms with Crippen molar-refractivity contribution in [2.75, 3.05) is 31.1 Å². The second-order valence-electron chi connectivity index (χ2n) is 4.10. The van der Waals surface area contributed by atoms with Crippen LogP contribution >= 0.6 is 0 Å². The molecular weight excluding hydrogens is 244 g/mol. The van der Waals surface area contributed by atoms with Gasteiger partial charge in [0, 0.05) is 41.9 Å². The van der Waals surface area contributed by atoms with E-state index in [-0.39, 0.29) is 6.03 Å². The molecule has 0 aliphatic carbocycles. The lowest BCUT2D eigenvalue weighted by molar-refractivity contribution is -0.141. The van der Waals surface area contributed by atoms with Crippen LogP contribution in [0.1, 0.15) is 13.3 Å². The SMILES string of the molecule is CC(CCNC(=O)N1CCS(=O)CC1)C(=O)O. The highest BCUT2D eigenvalue weighted by Crippen LogP contribution is 2.02. The standard InChI is InChI=1S/C10H18N2O4S/c1-8(9(13)14)2-3-11-10(15)12-4-6-17(16)7-5-12/h8H,2-7H2,1H3,(H,11,15)(H,13,14). The van der Waals surface area contributed by atoms with Gasteiger partial charge in [0.25, 0.3) is 0 Å². The molecule has 0 aromatic rings. The van der Waals surface area contributed by atoms with E-state index in [4.69, 9.17) is 5.11 Å². The minimum Gasteiger partial charge on any atom is -0.481 e. The van der Waals surface area contributed by atoms with Gasteiger partial charge in [-0.15, -0.1) is 0 Å². The number of carbonyl (C=O) groups excluding carboxylic acids is 1. The fourth-order valence-electron chi connectivity index (χ4n) is 1.47. The minimum absolute atomic E-state index is 0.195. The predicted octanol–water partition coefficient (Wildman–Crippen LogP) is -0.129.